The monoisotopic (exact) mass is 275 g/mol. The van der Waals surface area contributed by atoms with Gasteiger partial charge in [-0.2, -0.15) is 0 Å². The minimum atomic E-state index is -1.11. The topological polar surface area (TPSA) is 106 Å². The van der Waals surface area contributed by atoms with Crippen molar-refractivity contribution in [3.63, 3.8) is 0 Å². The molecular weight excluding hydrogens is 258 g/mol. The largest absolute Gasteiger partial charge is 0.465 e. The van der Waals surface area contributed by atoms with Crippen molar-refractivity contribution in [2.75, 3.05) is 12.3 Å². The third-order valence-corrected chi connectivity index (χ3v) is 2.33. The van der Waals surface area contributed by atoms with Gasteiger partial charge in [-0.15, -0.1) is 0 Å². The average molecular weight is 275 g/mol. The zero-order valence-corrected chi connectivity index (χ0v) is 11.6. The molecule has 0 aliphatic heterocycles. The van der Waals surface area contributed by atoms with E-state index in [0.717, 1.165) is 0 Å². The second-order valence-electron chi connectivity index (χ2n) is 3.57. The summed E-state index contributed by atoms with van der Waals surface area (Å²) in [7, 11) is 1.83. The maximum atomic E-state index is 10.3. The van der Waals surface area contributed by atoms with E-state index in [0.29, 0.717) is 22.4 Å². The SMILES string of the molecule is CC.Cn1cc(C#CCNC(=O)O)c2c(N)ncnc21. The Kier molecular flexibility index (Phi) is 5.35. The van der Waals surface area contributed by atoms with E-state index in [4.69, 9.17) is 10.8 Å². The van der Waals surface area contributed by atoms with E-state index in [1.807, 2.05) is 20.9 Å². The van der Waals surface area contributed by atoms with Crippen LogP contribution in [0.4, 0.5) is 10.6 Å². The molecular formula is C13H17N5O2. The highest BCUT2D eigenvalue weighted by Gasteiger charge is 2.09. The summed E-state index contributed by atoms with van der Waals surface area (Å²) in [5, 5.41) is 11.2. The second-order valence-corrected chi connectivity index (χ2v) is 3.57. The Morgan fingerprint density at radius 3 is 2.85 bits per heavy atom. The first-order valence-electron chi connectivity index (χ1n) is 6.10. The molecule has 0 unspecified atom stereocenters. The number of fused-ring (bicyclic) bond motifs is 1. The molecule has 2 heterocycles. The number of hydrogen-bond acceptors (Lipinski definition) is 4. The van der Waals surface area contributed by atoms with E-state index in [1.165, 1.54) is 6.33 Å². The quantitative estimate of drug-likeness (QED) is 0.678. The van der Waals surface area contributed by atoms with Crippen LogP contribution in [-0.2, 0) is 7.05 Å². The first-order valence-corrected chi connectivity index (χ1v) is 6.10. The molecule has 0 bridgehead atoms. The van der Waals surface area contributed by atoms with E-state index >= 15 is 0 Å². The van der Waals surface area contributed by atoms with Crippen LogP contribution in [0.25, 0.3) is 11.0 Å². The number of nitrogens with one attached hydrogen (secondary N) is 1. The summed E-state index contributed by atoms with van der Waals surface area (Å²) in [6, 6.07) is 0. The van der Waals surface area contributed by atoms with Gasteiger partial charge in [-0.25, -0.2) is 14.8 Å². The highest BCUT2D eigenvalue weighted by atomic mass is 16.4. The number of hydrogen-bond donors (Lipinski definition) is 3. The van der Waals surface area contributed by atoms with Crippen molar-refractivity contribution in [3.8, 4) is 11.8 Å². The molecule has 4 N–H and O–H groups in total. The third-order valence-electron chi connectivity index (χ3n) is 2.33. The van der Waals surface area contributed by atoms with Crippen molar-refractivity contribution in [1.29, 1.82) is 0 Å². The summed E-state index contributed by atoms with van der Waals surface area (Å²) in [5.41, 5.74) is 7.15. The zero-order valence-electron chi connectivity index (χ0n) is 11.6. The molecule has 0 aliphatic carbocycles. The van der Waals surface area contributed by atoms with Crippen LogP contribution in [0.15, 0.2) is 12.5 Å². The fourth-order valence-electron chi connectivity index (χ4n) is 1.59. The summed E-state index contributed by atoms with van der Waals surface area (Å²) in [4.78, 5) is 18.3. The van der Waals surface area contributed by atoms with Crippen molar-refractivity contribution in [2.45, 2.75) is 13.8 Å². The molecule has 7 heteroatoms. The van der Waals surface area contributed by atoms with E-state index in [-0.39, 0.29) is 6.54 Å². The van der Waals surface area contributed by atoms with Gasteiger partial charge in [0.15, 0.2) is 0 Å². The molecule has 1 amide bonds. The molecule has 0 radical (unpaired) electrons. The van der Waals surface area contributed by atoms with Gasteiger partial charge in [-0.3, -0.25) is 0 Å². The number of nitrogens with zero attached hydrogens (tertiary/aromatic N) is 3. The first kappa shape index (κ1) is 15.3. The predicted octanol–water partition coefficient (Wildman–Crippen LogP) is 1.20. The van der Waals surface area contributed by atoms with Gasteiger partial charge in [0.1, 0.15) is 17.8 Å². The number of aromatic nitrogens is 3. The van der Waals surface area contributed by atoms with Crippen LogP contribution < -0.4 is 11.1 Å². The number of anilines is 1. The minimum Gasteiger partial charge on any atom is -0.465 e. The molecule has 0 fully saturated rings. The number of rotatable bonds is 1. The van der Waals surface area contributed by atoms with Crippen LogP contribution in [0.1, 0.15) is 19.4 Å². The Morgan fingerprint density at radius 2 is 2.20 bits per heavy atom. The molecule has 20 heavy (non-hydrogen) atoms. The van der Waals surface area contributed by atoms with Gasteiger partial charge in [0.05, 0.1) is 17.5 Å². The molecule has 2 aromatic rings. The summed E-state index contributed by atoms with van der Waals surface area (Å²) in [5.74, 6) is 5.90. The Balaban J connectivity index is 0.000000956. The summed E-state index contributed by atoms with van der Waals surface area (Å²) < 4.78 is 1.79. The first-order chi connectivity index (χ1) is 9.59. The Bertz CT molecular complexity index is 666. The van der Waals surface area contributed by atoms with Gasteiger partial charge >= 0.3 is 6.09 Å². The Hall–Kier alpha value is -2.75. The Morgan fingerprint density at radius 1 is 1.50 bits per heavy atom. The number of amides is 1. The van der Waals surface area contributed by atoms with Crippen molar-refractivity contribution in [2.24, 2.45) is 7.05 Å². The van der Waals surface area contributed by atoms with Crippen molar-refractivity contribution in [1.82, 2.24) is 19.9 Å². The van der Waals surface area contributed by atoms with E-state index in [9.17, 15) is 4.79 Å². The van der Waals surface area contributed by atoms with E-state index < -0.39 is 6.09 Å². The van der Waals surface area contributed by atoms with Crippen molar-refractivity contribution < 1.29 is 9.90 Å². The lowest BCUT2D eigenvalue weighted by Gasteiger charge is -1.95. The molecule has 0 atom stereocenters. The minimum absolute atomic E-state index is 0.0549. The van der Waals surface area contributed by atoms with Crippen LogP contribution in [-0.4, -0.2) is 32.3 Å². The molecule has 0 spiro atoms. The van der Waals surface area contributed by atoms with E-state index in [2.05, 4.69) is 27.1 Å². The average Bonchev–Trinajstić information content (AvgIpc) is 2.75. The lowest BCUT2D eigenvalue weighted by atomic mass is 10.2. The summed E-state index contributed by atoms with van der Waals surface area (Å²) in [6.45, 7) is 4.05. The normalized spacial score (nSPS) is 9.15. The summed E-state index contributed by atoms with van der Waals surface area (Å²) >= 11 is 0. The van der Waals surface area contributed by atoms with Crippen LogP contribution >= 0.6 is 0 Å². The standard InChI is InChI=1S/C11H11N5O2.C2H6/c1-16-5-7(3-2-4-13-11(17)18)8-9(12)14-6-15-10(8)16;1-2/h5-6,13H,4H2,1H3,(H,17,18)(H2,12,14,15);1-2H3. The molecule has 0 saturated carbocycles. The van der Waals surface area contributed by atoms with Crippen LogP contribution in [0, 0.1) is 11.8 Å². The second kappa shape index (κ2) is 6.99. The van der Waals surface area contributed by atoms with Gasteiger partial charge in [-0.05, 0) is 0 Å². The highest BCUT2D eigenvalue weighted by molar-refractivity contribution is 5.92. The molecule has 0 aromatic carbocycles. The van der Waals surface area contributed by atoms with Gasteiger partial charge in [0, 0.05) is 13.2 Å². The number of aryl methyl sites for hydroxylation is 1. The van der Waals surface area contributed by atoms with Gasteiger partial charge in [0.25, 0.3) is 0 Å². The highest BCUT2D eigenvalue weighted by Crippen LogP contribution is 2.21. The summed E-state index contributed by atoms with van der Waals surface area (Å²) in [6.07, 6.45) is 2.06. The number of carboxylic acid groups (broad SMARTS) is 1. The maximum absolute atomic E-state index is 10.3. The lowest BCUT2D eigenvalue weighted by molar-refractivity contribution is 0.196. The number of nitrogen functional groups attached to an aromatic ring is 1. The van der Waals surface area contributed by atoms with Crippen molar-refractivity contribution in [3.05, 3.63) is 18.1 Å². The maximum Gasteiger partial charge on any atom is 0.405 e. The zero-order chi connectivity index (χ0) is 15.1. The molecule has 2 aromatic heterocycles. The predicted molar refractivity (Wildman–Crippen MR) is 77.2 cm³/mol. The number of nitrogens with two attached hydrogens (primary N) is 1. The molecule has 0 saturated heterocycles. The van der Waals surface area contributed by atoms with Crippen molar-refractivity contribution >= 4 is 22.9 Å². The third kappa shape index (κ3) is 3.38. The smallest absolute Gasteiger partial charge is 0.405 e. The van der Waals surface area contributed by atoms with Gasteiger partial charge in [-0.1, -0.05) is 25.7 Å². The van der Waals surface area contributed by atoms with Crippen LogP contribution in [0.2, 0.25) is 0 Å². The molecule has 7 nitrogen and oxygen atoms in total. The lowest BCUT2D eigenvalue weighted by Crippen LogP contribution is -2.20. The fourth-order valence-corrected chi connectivity index (χ4v) is 1.59. The van der Waals surface area contributed by atoms with E-state index in [1.54, 1.807) is 10.8 Å². The van der Waals surface area contributed by atoms with Crippen LogP contribution in [0.5, 0.6) is 0 Å². The number of carbonyl (C=O) groups is 1. The van der Waals surface area contributed by atoms with Crippen LogP contribution in [0.3, 0.4) is 0 Å². The fraction of sp³-hybridized carbons (Fsp3) is 0.308. The molecule has 106 valence electrons. The molecule has 0 aliphatic rings. The molecule has 2 rings (SSSR count). The Labute approximate surface area is 116 Å². The van der Waals surface area contributed by atoms with Gasteiger partial charge < -0.3 is 20.7 Å². The van der Waals surface area contributed by atoms with Gasteiger partial charge in [0.2, 0.25) is 0 Å².